The lowest BCUT2D eigenvalue weighted by Gasteiger charge is -2.08. The SMILES string of the molecule is CCc1ccc(NCc2ccccc2Cl)cc1. The van der Waals surface area contributed by atoms with Crippen LogP contribution >= 0.6 is 11.6 Å². The fourth-order valence-corrected chi connectivity index (χ4v) is 1.90. The minimum absolute atomic E-state index is 0.755. The Morgan fingerprint density at radius 1 is 1.00 bits per heavy atom. The van der Waals surface area contributed by atoms with Crippen LogP contribution in [0.2, 0.25) is 5.02 Å². The number of halogens is 1. The van der Waals surface area contributed by atoms with Crippen LogP contribution in [0.15, 0.2) is 48.5 Å². The van der Waals surface area contributed by atoms with E-state index in [0.29, 0.717) is 0 Å². The predicted octanol–water partition coefficient (Wildman–Crippen LogP) is 4.51. The van der Waals surface area contributed by atoms with Crippen LogP contribution in [0.1, 0.15) is 18.1 Å². The van der Waals surface area contributed by atoms with E-state index >= 15 is 0 Å². The van der Waals surface area contributed by atoms with Gasteiger partial charge in [0.15, 0.2) is 0 Å². The van der Waals surface area contributed by atoms with E-state index < -0.39 is 0 Å². The van der Waals surface area contributed by atoms with Crippen molar-refractivity contribution in [1.29, 1.82) is 0 Å². The molecular formula is C15H16ClN. The molecule has 0 saturated carbocycles. The lowest BCUT2D eigenvalue weighted by molar-refractivity contribution is 1.12. The quantitative estimate of drug-likeness (QED) is 0.836. The minimum Gasteiger partial charge on any atom is -0.381 e. The number of rotatable bonds is 4. The first-order valence-corrected chi connectivity index (χ1v) is 6.23. The van der Waals surface area contributed by atoms with E-state index in [4.69, 9.17) is 11.6 Å². The van der Waals surface area contributed by atoms with Gasteiger partial charge in [-0.1, -0.05) is 48.9 Å². The molecule has 2 rings (SSSR count). The summed E-state index contributed by atoms with van der Waals surface area (Å²) < 4.78 is 0. The van der Waals surface area contributed by atoms with Gasteiger partial charge in [-0.3, -0.25) is 0 Å². The number of nitrogens with one attached hydrogen (secondary N) is 1. The Labute approximate surface area is 107 Å². The zero-order valence-electron chi connectivity index (χ0n) is 9.91. The average Bonchev–Trinajstić information content (AvgIpc) is 2.38. The number of benzene rings is 2. The molecule has 0 atom stereocenters. The zero-order valence-corrected chi connectivity index (χ0v) is 10.7. The summed E-state index contributed by atoms with van der Waals surface area (Å²) in [5.41, 5.74) is 3.60. The molecule has 0 bridgehead atoms. The molecule has 0 heterocycles. The Hall–Kier alpha value is -1.47. The molecule has 0 aliphatic heterocycles. The molecule has 0 spiro atoms. The molecule has 0 fully saturated rings. The third-order valence-corrected chi connectivity index (χ3v) is 3.17. The molecule has 0 unspecified atom stereocenters. The Morgan fingerprint density at radius 3 is 2.35 bits per heavy atom. The van der Waals surface area contributed by atoms with Crippen molar-refractivity contribution in [2.75, 3.05) is 5.32 Å². The molecule has 0 radical (unpaired) electrons. The van der Waals surface area contributed by atoms with Crippen LogP contribution in [-0.4, -0.2) is 0 Å². The summed E-state index contributed by atoms with van der Waals surface area (Å²) in [6.45, 7) is 2.91. The maximum atomic E-state index is 6.10. The van der Waals surface area contributed by atoms with Crippen molar-refractivity contribution in [2.45, 2.75) is 19.9 Å². The van der Waals surface area contributed by atoms with Crippen molar-refractivity contribution in [3.8, 4) is 0 Å². The van der Waals surface area contributed by atoms with Crippen LogP contribution in [0.3, 0.4) is 0 Å². The van der Waals surface area contributed by atoms with Gasteiger partial charge in [0.1, 0.15) is 0 Å². The highest BCUT2D eigenvalue weighted by atomic mass is 35.5. The average molecular weight is 246 g/mol. The lowest BCUT2D eigenvalue weighted by atomic mass is 10.1. The first-order valence-electron chi connectivity index (χ1n) is 5.86. The fraction of sp³-hybridized carbons (Fsp3) is 0.200. The standard InChI is InChI=1S/C15H16ClN/c1-2-12-7-9-14(10-8-12)17-11-13-5-3-4-6-15(13)16/h3-10,17H,2,11H2,1H3. The lowest BCUT2D eigenvalue weighted by Crippen LogP contribution is -1.99. The molecule has 2 aromatic rings. The molecular weight excluding hydrogens is 230 g/mol. The van der Waals surface area contributed by atoms with Gasteiger partial charge >= 0.3 is 0 Å². The molecule has 2 heteroatoms. The molecule has 0 aliphatic rings. The Bertz CT molecular complexity index is 477. The van der Waals surface area contributed by atoms with E-state index in [2.05, 4.69) is 36.5 Å². The highest BCUT2D eigenvalue weighted by molar-refractivity contribution is 6.31. The molecule has 1 nitrogen and oxygen atoms in total. The largest absolute Gasteiger partial charge is 0.381 e. The van der Waals surface area contributed by atoms with Crippen molar-refractivity contribution >= 4 is 17.3 Å². The first kappa shape index (κ1) is 12.0. The molecule has 0 amide bonds. The molecule has 88 valence electrons. The van der Waals surface area contributed by atoms with Crippen molar-refractivity contribution < 1.29 is 0 Å². The number of anilines is 1. The Kier molecular flexibility index (Phi) is 4.05. The zero-order chi connectivity index (χ0) is 12.1. The summed E-state index contributed by atoms with van der Waals surface area (Å²) in [6, 6.07) is 16.4. The minimum atomic E-state index is 0.755. The van der Waals surface area contributed by atoms with Crippen LogP contribution in [0.5, 0.6) is 0 Å². The van der Waals surface area contributed by atoms with E-state index in [0.717, 1.165) is 29.2 Å². The van der Waals surface area contributed by atoms with Crippen LogP contribution in [-0.2, 0) is 13.0 Å². The van der Waals surface area contributed by atoms with Gasteiger partial charge in [0.2, 0.25) is 0 Å². The van der Waals surface area contributed by atoms with Crippen molar-refractivity contribution in [3.05, 3.63) is 64.7 Å². The summed E-state index contributed by atoms with van der Waals surface area (Å²) in [7, 11) is 0. The van der Waals surface area contributed by atoms with E-state index in [1.807, 2.05) is 24.3 Å². The molecule has 0 aliphatic carbocycles. The van der Waals surface area contributed by atoms with Crippen LogP contribution in [0.25, 0.3) is 0 Å². The van der Waals surface area contributed by atoms with Crippen LogP contribution < -0.4 is 5.32 Å². The molecule has 1 N–H and O–H groups in total. The van der Waals surface area contributed by atoms with Crippen molar-refractivity contribution in [2.24, 2.45) is 0 Å². The second kappa shape index (κ2) is 5.74. The number of aryl methyl sites for hydroxylation is 1. The smallest absolute Gasteiger partial charge is 0.0455 e. The predicted molar refractivity (Wildman–Crippen MR) is 74.6 cm³/mol. The second-order valence-corrected chi connectivity index (χ2v) is 4.40. The topological polar surface area (TPSA) is 12.0 Å². The first-order chi connectivity index (χ1) is 8.29. The summed E-state index contributed by atoms with van der Waals surface area (Å²) in [4.78, 5) is 0. The van der Waals surface area contributed by atoms with Crippen LogP contribution in [0.4, 0.5) is 5.69 Å². The number of hydrogen-bond donors (Lipinski definition) is 1. The van der Waals surface area contributed by atoms with Gasteiger partial charge in [-0.2, -0.15) is 0 Å². The number of hydrogen-bond acceptors (Lipinski definition) is 1. The van der Waals surface area contributed by atoms with E-state index in [1.54, 1.807) is 0 Å². The van der Waals surface area contributed by atoms with Gasteiger partial charge < -0.3 is 5.32 Å². The van der Waals surface area contributed by atoms with Gasteiger partial charge in [-0.15, -0.1) is 0 Å². The van der Waals surface area contributed by atoms with Crippen molar-refractivity contribution in [1.82, 2.24) is 0 Å². The monoisotopic (exact) mass is 245 g/mol. The molecule has 17 heavy (non-hydrogen) atoms. The second-order valence-electron chi connectivity index (χ2n) is 4.00. The molecule has 0 aromatic heterocycles. The highest BCUT2D eigenvalue weighted by Gasteiger charge is 1.98. The molecule has 2 aromatic carbocycles. The van der Waals surface area contributed by atoms with Gasteiger partial charge in [-0.25, -0.2) is 0 Å². The van der Waals surface area contributed by atoms with Gasteiger partial charge in [0.25, 0.3) is 0 Å². The van der Waals surface area contributed by atoms with E-state index in [-0.39, 0.29) is 0 Å². The third kappa shape index (κ3) is 3.24. The normalized spacial score (nSPS) is 10.2. The van der Waals surface area contributed by atoms with E-state index in [1.165, 1.54) is 5.56 Å². The van der Waals surface area contributed by atoms with Gasteiger partial charge in [0.05, 0.1) is 0 Å². The summed E-state index contributed by atoms with van der Waals surface area (Å²) in [5, 5.41) is 4.18. The van der Waals surface area contributed by atoms with Crippen molar-refractivity contribution in [3.63, 3.8) is 0 Å². The Morgan fingerprint density at radius 2 is 1.71 bits per heavy atom. The van der Waals surface area contributed by atoms with Gasteiger partial charge in [-0.05, 0) is 35.7 Å². The maximum absolute atomic E-state index is 6.10. The summed E-state index contributed by atoms with van der Waals surface area (Å²) in [6.07, 6.45) is 1.07. The summed E-state index contributed by atoms with van der Waals surface area (Å²) in [5.74, 6) is 0. The summed E-state index contributed by atoms with van der Waals surface area (Å²) >= 11 is 6.10. The highest BCUT2D eigenvalue weighted by Crippen LogP contribution is 2.17. The third-order valence-electron chi connectivity index (χ3n) is 2.80. The molecule has 0 saturated heterocycles. The maximum Gasteiger partial charge on any atom is 0.0455 e. The van der Waals surface area contributed by atoms with Gasteiger partial charge in [0, 0.05) is 17.3 Å². The van der Waals surface area contributed by atoms with E-state index in [9.17, 15) is 0 Å². The fourth-order valence-electron chi connectivity index (χ4n) is 1.70. The Balaban J connectivity index is 2.00. The van der Waals surface area contributed by atoms with Crippen LogP contribution in [0, 0.1) is 0 Å².